The smallest absolute Gasteiger partial charge is 0.251 e. The van der Waals surface area contributed by atoms with E-state index in [0.717, 1.165) is 6.26 Å². The quantitative estimate of drug-likeness (QED) is 0.719. The third kappa shape index (κ3) is 4.16. The second-order valence-corrected chi connectivity index (χ2v) is 6.85. The van der Waals surface area contributed by atoms with Crippen molar-refractivity contribution in [3.8, 4) is 0 Å². The van der Waals surface area contributed by atoms with Crippen molar-refractivity contribution in [1.29, 1.82) is 0 Å². The molecule has 1 atom stereocenters. The summed E-state index contributed by atoms with van der Waals surface area (Å²) in [6.45, 7) is 2.35. The van der Waals surface area contributed by atoms with E-state index in [1.54, 1.807) is 4.90 Å². The average molecular weight is 284 g/mol. The van der Waals surface area contributed by atoms with Crippen molar-refractivity contribution < 1.29 is 22.0 Å². The van der Waals surface area contributed by atoms with Gasteiger partial charge in [0.1, 0.15) is 5.25 Å². The summed E-state index contributed by atoms with van der Waals surface area (Å²) in [4.78, 5) is 14.8. The molecular formula is C10H18F2N2O3S. The van der Waals surface area contributed by atoms with Gasteiger partial charge in [-0.25, -0.2) is 17.2 Å². The number of rotatable bonds is 4. The lowest BCUT2D eigenvalue weighted by molar-refractivity contribution is -0.132. The molecule has 1 unspecified atom stereocenters. The van der Waals surface area contributed by atoms with Gasteiger partial charge in [0.25, 0.3) is 6.43 Å². The number of amides is 1. The minimum Gasteiger partial charge on any atom is -0.339 e. The molecule has 106 valence electrons. The largest absolute Gasteiger partial charge is 0.339 e. The first-order valence-electron chi connectivity index (χ1n) is 5.70. The Labute approximate surface area is 106 Å². The zero-order chi connectivity index (χ0) is 13.9. The lowest BCUT2D eigenvalue weighted by Gasteiger charge is -2.35. The number of alkyl halides is 2. The topological polar surface area (TPSA) is 57.7 Å². The molecule has 0 saturated carbocycles. The van der Waals surface area contributed by atoms with Crippen LogP contribution in [0.3, 0.4) is 0 Å². The number of sulfone groups is 1. The highest BCUT2D eigenvalue weighted by molar-refractivity contribution is 7.92. The monoisotopic (exact) mass is 284 g/mol. The maximum Gasteiger partial charge on any atom is 0.251 e. The Kier molecular flexibility index (Phi) is 5.03. The van der Waals surface area contributed by atoms with Crippen LogP contribution in [0.2, 0.25) is 0 Å². The third-order valence-electron chi connectivity index (χ3n) is 3.07. The van der Waals surface area contributed by atoms with Crippen molar-refractivity contribution in [2.45, 2.75) is 18.6 Å². The number of hydrogen-bond acceptors (Lipinski definition) is 4. The molecule has 8 heteroatoms. The normalized spacial score (nSPS) is 20.2. The zero-order valence-corrected chi connectivity index (χ0v) is 11.3. The van der Waals surface area contributed by atoms with Gasteiger partial charge >= 0.3 is 0 Å². The molecule has 0 aliphatic carbocycles. The maximum atomic E-state index is 12.2. The number of hydrogen-bond donors (Lipinski definition) is 0. The summed E-state index contributed by atoms with van der Waals surface area (Å²) in [6.07, 6.45) is -1.37. The Hall–Kier alpha value is -0.760. The fraction of sp³-hybridized carbons (Fsp3) is 0.900. The van der Waals surface area contributed by atoms with Crippen LogP contribution >= 0.6 is 0 Å². The van der Waals surface area contributed by atoms with Gasteiger partial charge in [0.15, 0.2) is 9.84 Å². The van der Waals surface area contributed by atoms with E-state index >= 15 is 0 Å². The molecule has 1 heterocycles. The van der Waals surface area contributed by atoms with E-state index in [-0.39, 0.29) is 6.54 Å². The summed E-state index contributed by atoms with van der Waals surface area (Å²) in [5.74, 6) is -0.450. The van der Waals surface area contributed by atoms with Gasteiger partial charge in [-0.15, -0.1) is 0 Å². The molecule has 1 saturated heterocycles. The van der Waals surface area contributed by atoms with Gasteiger partial charge in [0, 0.05) is 32.4 Å². The van der Waals surface area contributed by atoms with Gasteiger partial charge in [0.2, 0.25) is 5.91 Å². The van der Waals surface area contributed by atoms with Crippen LogP contribution in [0.25, 0.3) is 0 Å². The standard InChI is InChI=1S/C10H18F2N2O3S/c1-8(18(2,16)17)10(15)14-5-3-13(4-6-14)7-9(11)12/h8-9H,3-7H2,1-2H3. The van der Waals surface area contributed by atoms with E-state index in [1.807, 2.05) is 0 Å². The summed E-state index contributed by atoms with van der Waals surface area (Å²) in [6, 6.07) is 0. The minimum absolute atomic E-state index is 0.297. The maximum absolute atomic E-state index is 12.2. The summed E-state index contributed by atoms with van der Waals surface area (Å²) < 4.78 is 46.9. The van der Waals surface area contributed by atoms with Crippen molar-refractivity contribution in [3.05, 3.63) is 0 Å². The van der Waals surface area contributed by atoms with E-state index in [0.29, 0.717) is 26.2 Å². The van der Waals surface area contributed by atoms with Crippen molar-refractivity contribution in [1.82, 2.24) is 9.80 Å². The van der Waals surface area contributed by atoms with E-state index in [2.05, 4.69) is 0 Å². The Balaban J connectivity index is 2.51. The molecule has 1 rings (SSSR count). The summed E-state index contributed by atoms with van der Waals surface area (Å²) >= 11 is 0. The summed E-state index contributed by atoms with van der Waals surface area (Å²) in [5.41, 5.74) is 0. The molecule has 0 bridgehead atoms. The van der Waals surface area contributed by atoms with Crippen LogP contribution in [0.5, 0.6) is 0 Å². The highest BCUT2D eigenvalue weighted by Gasteiger charge is 2.30. The molecule has 0 aromatic carbocycles. The van der Waals surface area contributed by atoms with Gasteiger partial charge in [-0.1, -0.05) is 0 Å². The number of nitrogens with zero attached hydrogens (tertiary/aromatic N) is 2. The molecule has 1 amide bonds. The number of carbonyl (C=O) groups excluding carboxylic acids is 1. The Bertz CT molecular complexity index is 392. The van der Waals surface area contributed by atoms with Gasteiger partial charge in [-0.2, -0.15) is 0 Å². The summed E-state index contributed by atoms with van der Waals surface area (Å²) in [7, 11) is -3.41. The number of carbonyl (C=O) groups is 1. The average Bonchev–Trinajstić information content (AvgIpc) is 2.26. The molecule has 1 aliphatic heterocycles. The number of piperazine rings is 1. The molecule has 0 spiro atoms. The Morgan fingerprint density at radius 3 is 2.11 bits per heavy atom. The third-order valence-corrected chi connectivity index (χ3v) is 4.56. The van der Waals surface area contributed by atoms with Gasteiger partial charge in [0.05, 0.1) is 6.54 Å². The molecule has 0 N–H and O–H groups in total. The van der Waals surface area contributed by atoms with Gasteiger partial charge in [-0.05, 0) is 6.92 Å². The van der Waals surface area contributed by atoms with Crippen LogP contribution in [-0.4, -0.2) is 74.8 Å². The van der Waals surface area contributed by atoms with E-state index in [4.69, 9.17) is 0 Å². The highest BCUT2D eigenvalue weighted by Crippen LogP contribution is 2.09. The fourth-order valence-corrected chi connectivity index (χ4v) is 2.30. The lowest BCUT2D eigenvalue weighted by Crippen LogP contribution is -2.52. The molecular weight excluding hydrogens is 266 g/mol. The van der Waals surface area contributed by atoms with Crippen molar-refractivity contribution in [2.75, 3.05) is 39.0 Å². The zero-order valence-electron chi connectivity index (χ0n) is 10.5. The van der Waals surface area contributed by atoms with Crippen molar-refractivity contribution >= 4 is 15.7 Å². The molecule has 5 nitrogen and oxygen atoms in total. The minimum atomic E-state index is -3.41. The first-order chi connectivity index (χ1) is 8.21. The number of halogens is 2. The fourth-order valence-electron chi connectivity index (χ4n) is 1.79. The Morgan fingerprint density at radius 2 is 1.72 bits per heavy atom. The van der Waals surface area contributed by atoms with Gasteiger partial charge in [-0.3, -0.25) is 9.69 Å². The predicted molar refractivity (Wildman–Crippen MR) is 63.3 cm³/mol. The first-order valence-corrected chi connectivity index (χ1v) is 7.65. The predicted octanol–water partition coefficient (Wildman–Crippen LogP) is -0.171. The van der Waals surface area contributed by atoms with E-state index in [9.17, 15) is 22.0 Å². The molecule has 0 radical (unpaired) electrons. The van der Waals surface area contributed by atoms with Crippen LogP contribution in [0, 0.1) is 0 Å². The van der Waals surface area contributed by atoms with Crippen LogP contribution in [0.15, 0.2) is 0 Å². The van der Waals surface area contributed by atoms with Gasteiger partial charge < -0.3 is 4.90 Å². The molecule has 0 aromatic rings. The first kappa shape index (κ1) is 15.3. The molecule has 1 fully saturated rings. The molecule has 18 heavy (non-hydrogen) atoms. The second-order valence-electron chi connectivity index (χ2n) is 4.49. The van der Waals surface area contributed by atoms with Crippen LogP contribution in [0.4, 0.5) is 8.78 Å². The second kappa shape index (κ2) is 5.92. The molecule has 0 aromatic heterocycles. The van der Waals surface area contributed by atoms with E-state index < -0.39 is 27.4 Å². The van der Waals surface area contributed by atoms with E-state index in [1.165, 1.54) is 11.8 Å². The van der Waals surface area contributed by atoms with Crippen molar-refractivity contribution in [3.63, 3.8) is 0 Å². The van der Waals surface area contributed by atoms with Crippen molar-refractivity contribution in [2.24, 2.45) is 0 Å². The Morgan fingerprint density at radius 1 is 1.22 bits per heavy atom. The van der Waals surface area contributed by atoms with Crippen LogP contribution in [-0.2, 0) is 14.6 Å². The van der Waals surface area contributed by atoms with Crippen LogP contribution < -0.4 is 0 Å². The van der Waals surface area contributed by atoms with Crippen LogP contribution in [0.1, 0.15) is 6.92 Å². The summed E-state index contributed by atoms with van der Waals surface area (Å²) in [5, 5.41) is -1.07. The lowest BCUT2D eigenvalue weighted by atomic mass is 10.3. The molecule has 1 aliphatic rings. The highest BCUT2D eigenvalue weighted by atomic mass is 32.2. The SMILES string of the molecule is CC(C(=O)N1CCN(CC(F)F)CC1)S(C)(=O)=O.